The molecule has 1 aromatic carbocycles. The van der Waals surface area contributed by atoms with Gasteiger partial charge in [0.25, 0.3) is 5.91 Å². The zero-order valence-electron chi connectivity index (χ0n) is 14.2. The first-order valence-corrected chi connectivity index (χ1v) is 8.28. The van der Waals surface area contributed by atoms with E-state index >= 15 is 0 Å². The van der Waals surface area contributed by atoms with Gasteiger partial charge in [0, 0.05) is 10.7 Å². The number of nitrogens with one attached hydrogen (secondary N) is 1. The number of carbonyl (C=O) groups is 1. The van der Waals surface area contributed by atoms with Crippen LogP contribution in [0.4, 0.5) is 4.39 Å². The highest BCUT2D eigenvalue weighted by molar-refractivity contribution is 6.35. The fourth-order valence-electron chi connectivity index (χ4n) is 2.53. The van der Waals surface area contributed by atoms with Crippen molar-refractivity contribution in [2.75, 3.05) is 0 Å². The summed E-state index contributed by atoms with van der Waals surface area (Å²) < 4.78 is 15.5. The third kappa shape index (κ3) is 3.73. The number of amides is 1. The molecule has 1 atom stereocenters. The molecule has 0 spiro atoms. The van der Waals surface area contributed by atoms with Crippen molar-refractivity contribution >= 4 is 29.1 Å². The van der Waals surface area contributed by atoms with E-state index in [1.807, 2.05) is 27.7 Å². The average Bonchev–Trinajstić information content (AvgIpc) is 2.84. The van der Waals surface area contributed by atoms with Gasteiger partial charge < -0.3 is 5.32 Å². The number of benzene rings is 1. The lowest BCUT2D eigenvalue weighted by molar-refractivity contribution is 0.0939. The predicted octanol–water partition coefficient (Wildman–Crippen LogP) is 4.88. The molecule has 1 N–H and O–H groups in total. The topological polar surface area (TPSA) is 46.9 Å². The van der Waals surface area contributed by atoms with E-state index in [1.165, 1.54) is 18.3 Å². The van der Waals surface area contributed by atoms with Crippen LogP contribution in [0.2, 0.25) is 10.0 Å². The van der Waals surface area contributed by atoms with Crippen LogP contribution in [0, 0.1) is 12.7 Å². The molecule has 0 aliphatic rings. The normalized spacial score (nSPS) is 13.0. The van der Waals surface area contributed by atoms with Crippen LogP contribution in [0.25, 0.3) is 0 Å². The number of halogens is 3. The van der Waals surface area contributed by atoms with Crippen molar-refractivity contribution in [1.29, 1.82) is 0 Å². The molecule has 1 aromatic heterocycles. The first-order chi connectivity index (χ1) is 11.0. The van der Waals surface area contributed by atoms with E-state index in [0.717, 1.165) is 5.69 Å². The van der Waals surface area contributed by atoms with Crippen molar-refractivity contribution in [3.05, 3.63) is 51.0 Å². The molecule has 0 radical (unpaired) electrons. The largest absolute Gasteiger partial charge is 0.345 e. The van der Waals surface area contributed by atoms with E-state index in [2.05, 4.69) is 10.4 Å². The molecule has 7 heteroatoms. The number of hydrogen-bond donors (Lipinski definition) is 1. The van der Waals surface area contributed by atoms with Crippen LogP contribution >= 0.6 is 23.2 Å². The van der Waals surface area contributed by atoms with Gasteiger partial charge in [0.1, 0.15) is 5.82 Å². The maximum atomic E-state index is 13.7. The molecule has 0 aliphatic heterocycles. The standard InChI is InChI=1S/C17H20Cl2FN3O/c1-9(11-6-15(20)14(19)7-13(11)18)22-16(24)12-8-21-23(10(12)2)17(3,4)5/h6-9H,1-5H3,(H,22,24). The van der Waals surface area contributed by atoms with Crippen LogP contribution in [-0.4, -0.2) is 15.7 Å². The first-order valence-electron chi connectivity index (χ1n) is 7.52. The monoisotopic (exact) mass is 371 g/mol. The third-order valence-electron chi connectivity index (χ3n) is 3.74. The molecule has 2 rings (SSSR count). The summed E-state index contributed by atoms with van der Waals surface area (Å²) in [5, 5.41) is 7.35. The van der Waals surface area contributed by atoms with Gasteiger partial charge in [-0.15, -0.1) is 0 Å². The molecule has 2 aromatic rings. The Morgan fingerprint density at radius 1 is 1.29 bits per heavy atom. The van der Waals surface area contributed by atoms with Crippen molar-refractivity contribution in [1.82, 2.24) is 15.1 Å². The Morgan fingerprint density at radius 2 is 1.92 bits per heavy atom. The zero-order chi connectivity index (χ0) is 18.2. The van der Waals surface area contributed by atoms with E-state index in [1.54, 1.807) is 11.6 Å². The average molecular weight is 372 g/mol. The van der Waals surface area contributed by atoms with E-state index in [-0.39, 0.29) is 16.5 Å². The molecule has 0 saturated heterocycles. The lowest BCUT2D eigenvalue weighted by Gasteiger charge is -2.21. The predicted molar refractivity (Wildman–Crippen MR) is 94.3 cm³/mol. The summed E-state index contributed by atoms with van der Waals surface area (Å²) in [7, 11) is 0. The molecule has 0 fully saturated rings. The van der Waals surface area contributed by atoms with Gasteiger partial charge in [0.15, 0.2) is 0 Å². The van der Waals surface area contributed by atoms with Gasteiger partial charge in [-0.05, 0) is 52.3 Å². The van der Waals surface area contributed by atoms with Gasteiger partial charge in [-0.25, -0.2) is 4.39 Å². The van der Waals surface area contributed by atoms with Crippen molar-refractivity contribution in [2.24, 2.45) is 0 Å². The Bertz CT molecular complexity index is 781. The van der Waals surface area contributed by atoms with E-state index in [4.69, 9.17) is 23.2 Å². The lowest BCUT2D eigenvalue weighted by Crippen LogP contribution is -2.28. The second kappa shape index (κ2) is 6.73. The van der Waals surface area contributed by atoms with Gasteiger partial charge in [0.2, 0.25) is 0 Å². The molecule has 0 aliphatic carbocycles. The number of carbonyl (C=O) groups excluding carboxylic acids is 1. The molecule has 1 heterocycles. The summed E-state index contributed by atoms with van der Waals surface area (Å²) in [5.74, 6) is -0.865. The SMILES string of the molecule is Cc1c(C(=O)NC(C)c2cc(F)c(Cl)cc2Cl)cnn1C(C)(C)C. The molecular weight excluding hydrogens is 352 g/mol. The number of rotatable bonds is 3. The van der Waals surface area contributed by atoms with Crippen LogP contribution in [0.1, 0.15) is 55.4 Å². The summed E-state index contributed by atoms with van der Waals surface area (Å²) in [6.45, 7) is 9.59. The fraction of sp³-hybridized carbons (Fsp3) is 0.412. The van der Waals surface area contributed by atoms with Crippen LogP contribution < -0.4 is 5.32 Å². The quantitative estimate of drug-likeness (QED) is 0.781. The van der Waals surface area contributed by atoms with Crippen LogP contribution in [0.3, 0.4) is 0 Å². The van der Waals surface area contributed by atoms with Crippen LogP contribution in [0.5, 0.6) is 0 Å². The summed E-state index contributed by atoms with van der Waals surface area (Å²) in [4.78, 5) is 12.5. The second-order valence-corrected chi connectivity index (χ2v) is 7.52. The van der Waals surface area contributed by atoms with E-state index in [9.17, 15) is 9.18 Å². The number of hydrogen-bond acceptors (Lipinski definition) is 2. The third-order valence-corrected chi connectivity index (χ3v) is 4.36. The van der Waals surface area contributed by atoms with Gasteiger partial charge in [-0.2, -0.15) is 5.10 Å². The molecule has 0 saturated carbocycles. The van der Waals surface area contributed by atoms with Gasteiger partial charge in [-0.3, -0.25) is 9.48 Å². The van der Waals surface area contributed by atoms with Gasteiger partial charge in [-0.1, -0.05) is 23.2 Å². The van der Waals surface area contributed by atoms with Crippen molar-refractivity contribution < 1.29 is 9.18 Å². The van der Waals surface area contributed by atoms with Gasteiger partial charge in [0.05, 0.1) is 28.4 Å². The highest BCUT2D eigenvalue weighted by atomic mass is 35.5. The van der Waals surface area contributed by atoms with Crippen molar-refractivity contribution in [3.63, 3.8) is 0 Å². The molecule has 130 valence electrons. The van der Waals surface area contributed by atoms with Gasteiger partial charge >= 0.3 is 0 Å². The summed E-state index contributed by atoms with van der Waals surface area (Å²) in [6, 6.07) is 2.09. The lowest BCUT2D eigenvalue weighted by atomic mass is 10.1. The summed E-state index contributed by atoms with van der Waals surface area (Å²) in [6.07, 6.45) is 1.53. The fourth-order valence-corrected chi connectivity index (χ4v) is 3.08. The maximum absolute atomic E-state index is 13.7. The Labute approximate surface area is 150 Å². The highest BCUT2D eigenvalue weighted by Gasteiger charge is 2.23. The molecule has 24 heavy (non-hydrogen) atoms. The molecule has 4 nitrogen and oxygen atoms in total. The minimum Gasteiger partial charge on any atom is -0.345 e. The first kappa shape index (κ1) is 18.7. The van der Waals surface area contributed by atoms with Crippen LogP contribution in [0.15, 0.2) is 18.3 Å². The zero-order valence-corrected chi connectivity index (χ0v) is 15.8. The smallest absolute Gasteiger partial charge is 0.255 e. The van der Waals surface area contributed by atoms with Crippen molar-refractivity contribution in [3.8, 4) is 0 Å². The molecule has 1 amide bonds. The Hall–Kier alpha value is -1.59. The Morgan fingerprint density at radius 3 is 2.46 bits per heavy atom. The summed E-state index contributed by atoms with van der Waals surface area (Å²) in [5.41, 5.74) is 1.48. The van der Waals surface area contributed by atoms with Crippen LogP contribution in [-0.2, 0) is 5.54 Å². The molecule has 1 unspecified atom stereocenters. The Balaban J connectivity index is 2.24. The van der Waals surface area contributed by atoms with E-state index < -0.39 is 11.9 Å². The highest BCUT2D eigenvalue weighted by Crippen LogP contribution is 2.29. The molecule has 0 bridgehead atoms. The minimum atomic E-state index is -0.575. The number of aromatic nitrogens is 2. The summed E-state index contributed by atoms with van der Waals surface area (Å²) >= 11 is 11.8. The van der Waals surface area contributed by atoms with E-state index in [0.29, 0.717) is 16.1 Å². The minimum absolute atomic E-state index is 0.0513. The molecular formula is C17H20Cl2FN3O. The Kier molecular flexibility index (Phi) is 5.25. The number of nitrogens with zero attached hydrogens (tertiary/aromatic N) is 2. The van der Waals surface area contributed by atoms with Crippen molar-refractivity contribution in [2.45, 2.75) is 46.2 Å². The maximum Gasteiger partial charge on any atom is 0.255 e. The second-order valence-electron chi connectivity index (χ2n) is 6.71.